The van der Waals surface area contributed by atoms with Crippen molar-refractivity contribution in [2.45, 2.75) is 46.6 Å². The van der Waals surface area contributed by atoms with Gasteiger partial charge in [-0.1, -0.05) is 32.4 Å². The minimum atomic E-state index is -0.0153. The normalized spacial score (nSPS) is 12.0. The lowest BCUT2D eigenvalue weighted by atomic mass is 10.1. The second kappa shape index (κ2) is 9.40. The molecule has 1 atom stereocenters. The maximum absolute atomic E-state index is 12.2. The van der Waals surface area contributed by atoms with Crippen LogP contribution in [0.4, 0.5) is 10.5 Å². The predicted octanol–water partition coefficient (Wildman–Crippen LogP) is 4.01. The fourth-order valence-electron chi connectivity index (χ4n) is 2.23. The lowest BCUT2D eigenvalue weighted by Crippen LogP contribution is -2.35. The number of anilines is 1. The van der Waals surface area contributed by atoms with Gasteiger partial charge in [-0.15, -0.1) is 0 Å². The summed E-state index contributed by atoms with van der Waals surface area (Å²) in [4.78, 5) is 14.0. The largest absolute Gasteiger partial charge is 0.325 e. The third-order valence-corrected chi connectivity index (χ3v) is 3.62. The standard InChI is InChI=1S/C17H29N3O/c1-5-8-13-20(7-3)17(21)19-16-11-9-15(10-12-16)14(4)18-6-2/h9-12,14,18H,5-8,13H2,1-4H3,(H,19,21). The van der Waals surface area contributed by atoms with Crippen LogP contribution in [0.5, 0.6) is 0 Å². The first-order valence-electron chi connectivity index (χ1n) is 8.01. The van der Waals surface area contributed by atoms with Crippen LogP contribution in [0.25, 0.3) is 0 Å². The number of nitrogens with one attached hydrogen (secondary N) is 2. The summed E-state index contributed by atoms with van der Waals surface area (Å²) in [7, 11) is 0. The minimum Gasteiger partial charge on any atom is -0.325 e. The number of nitrogens with zero attached hydrogens (tertiary/aromatic N) is 1. The van der Waals surface area contributed by atoms with Crippen molar-refractivity contribution in [2.24, 2.45) is 0 Å². The Morgan fingerprint density at radius 2 is 1.86 bits per heavy atom. The average molecular weight is 291 g/mol. The predicted molar refractivity (Wildman–Crippen MR) is 89.7 cm³/mol. The first-order valence-corrected chi connectivity index (χ1v) is 8.01. The van der Waals surface area contributed by atoms with Gasteiger partial charge in [0.1, 0.15) is 0 Å². The van der Waals surface area contributed by atoms with Crippen molar-refractivity contribution in [3.63, 3.8) is 0 Å². The second-order valence-corrected chi connectivity index (χ2v) is 5.26. The van der Waals surface area contributed by atoms with E-state index in [9.17, 15) is 4.79 Å². The molecule has 118 valence electrons. The molecule has 2 amide bonds. The van der Waals surface area contributed by atoms with E-state index >= 15 is 0 Å². The lowest BCUT2D eigenvalue weighted by Gasteiger charge is -2.21. The first-order chi connectivity index (χ1) is 10.1. The van der Waals surface area contributed by atoms with Crippen LogP contribution in [-0.2, 0) is 0 Å². The fraction of sp³-hybridized carbons (Fsp3) is 0.588. The number of amides is 2. The summed E-state index contributed by atoms with van der Waals surface area (Å²) < 4.78 is 0. The highest BCUT2D eigenvalue weighted by Crippen LogP contribution is 2.16. The molecule has 21 heavy (non-hydrogen) atoms. The van der Waals surface area contributed by atoms with Gasteiger partial charge < -0.3 is 15.5 Å². The fourth-order valence-corrected chi connectivity index (χ4v) is 2.23. The SMILES string of the molecule is CCCCN(CC)C(=O)Nc1ccc(C(C)NCC)cc1. The maximum Gasteiger partial charge on any atom is 0.321 e. The lowest BCUT2D eigenvalue weighted by molar-refractivity contribution is 0.213. The van der Waals surface area contributed by atoms with Gasteiger partial charge in [0.05, 0.1) is 0 Å². The minimum absolute atomic E-state index is 0.0153. The zero-order valence-corrected chi connectivity index (χ0v) is 13.8. The molecule has 2 N–H and O–H groups in total. The number of rotatable bonds is 8. The molecule has 0 spiro atoms. The van der Waals surface area contributed by atoms with Gasteiger partial charge in [-0.25, -0.2) is 4.79 Å². The Balaban J connectivity index is 2.59. The Morgan fingerprint density at radius 1 is 1.19 bits per heavy atom. The topological polar surface area (TPSA) is 44.4 Å². The van der Waals surface area contributed by atoms with Crippen molar-refractivity contribution >= 4 is 11.7 Å². The van der Waals surface area contributed by atoms with Gasteiger partial charge in [-0.2, -0.15) is 0 Å². The van der Waals surface area contributed by atoms with Gasteiger partial charge >= 0.3 is 6.03 Å². The number of hydrogen-bond acceptors (Lipinski definition) is 2. The van der Waals surface area contributed by atoms with E-state index in [-0.39, 0.29) is 6.03 Å². The van der Waals surface area contributed by atoms with Gasteiger partial charge in [0.2, 0.25) is 0 Å². The summed E-state index contributed by atoms with van der Waals surface area (Å²) in [6.07, 6.45) is 2.14. The quantitative estimate of drug-likeness (QED) is 0.760. The highest BCUT2D eigenvalue weighted by atomic mass is 16.2. The van der Waals surface area contributed by atoms with E-state index in [1.165, 1.54) is 5.56 Å². The van der Waals surface area contributed by atoms with Crippen LogP contribution in [-0.4, -0.2) is 30.6 Å². The van der Waals surface area contributed by atoms with Crippen LogP contribution < -0.4 is 10.6 Å². The first kappa shape index (κ1) is 17.5. The molecule has 0 aromatic heterocycles. The van der Waals surface area contributed by atoms with Crippen LogP contribution in [0, 0.1) is 0 Å². The molecule has 1 unspecified atom stereocenters. The third-order valence-electron chi connectivity index (χ3n) is 3.62. The highest BCUT2D eigenvalue weighted by molar-refractivity contribution is 5.89. The number of benzene rings is 1. The zero-order valence-electron chi connectivity index (χ0n) is 13.8. The molecule has 4 nitrogen and oxygen atoms in total. The summed E-state index contributed by atoms with van der Waals surface area (Å²) in [6.45, 7) is 10.9. The Kier molecular flexibility index (Phi) is 7.83. The second-order valence-electron chi connectivity index (χ2n) is 5.26. The van der Waals surface area contributed by atoms with E-state index in [0.717, 1.165) is 38.2 Å². The van der Waals surface area contributed by atoms with E-state index in [4.69, 9.17) is 0 Å². The molecule has 1 aromatic carbocycles. The van der Waals surface area contributed by atoms with Crippen molar-refractivity contribution in [2.75, 3.05) is 25.0 Å². The molecule has 0 saturated carbocycles. The number of urea groups is 1. The smallest absolute Gasteiger partial charge is 0.321 e. The van der Waals surface area contributed by atoms with Crippen molar-refractivity contribution in [1.82, 2.24) is 10.2 Å². The van der Waals surface area contributed by atoms with Crippen molar-refractivity contribution in [1.29, 1.82) is 0 Å². The van der Waals surface area contributed by atoms with Crippen molar-refractivity contribution in [3.05, 3.63) is 29.8 Å². The molecule has 0 fully saturated rings. The summed E-state index contributed by atoms with van der Waals surface area (Å²) >= 11 is 0. The summed E-state index contributed by atoms with van der Waals surface area (Å²) in [5, 5.41) is 6.34. The van der Waals surface area contributed by atoms with E-state index < -0.39 is 0 Å². The van der Waals surface area contributed by atoms with Gasteiger partial charge in [0.15, 0.2) is 0 Å². The Labute approximate surface area is 128 Å². The monoisotopic (exact) mass is 291 g/mol. The molecule has 0 saturated heterocycles. The van der Waals surface area contributed by atoms with Gasteiger partial charge in [-0.3, -0.25) is 0 Å². The summed E-state index contributed by atoms with van der Waals surface area (Å²) in [6, 6.07) is 8.37. The van der Waals surface area contributed by atoms with Crippen LogP contribution in [0.2, 0.25) is 0 Å². The Hall–Kier alpha value is -1.55. The number of hydrogen-bond donors (Lipinski definition) is 2. The Bertz CT molecular complexity index is 417. The van der Waals surface area contributed by atoms with Crippen LogP contribution in [0.1, 0.15) is 52.1 Å². The molecule has 0 heterocycles. The van der Waals surface area contributed by atoms with E-state index in [2.05, 4.69) is 43.5 Å². The van der Waals surface area contributed by atoms with Crippen LogP contribution in [0.15, 0.2) is 24.3 Å². The molecule has 0 aliphatic carbocycles. The molecular weight excluding hydrogens is 262 g/mol. The van der Waals surface area contributed by atoms with Crippen molar-refractivity contribution in [3.8, 4) is 0 Å². The Morgan fingerprint density at radius 3 is 2.38 bits per heavy atom. The van der Waals surface area contributed by atoms with Gasteiger partial charge in [0.25, 0.3) is 0 Å². The highest BCUT2D eigenvalue weighted by Gasteiger charge is 2.11. The van der Waals surface area contributed by atoms with Crippen LogP contribution >= 0.6 is 0 Å². The maximum atomic E-state index is 12.2. The molecule has 0 aliphatic heterocycles. The van der Waals surface area contributed by atoms with E-state index in [0.29, 0.717) is 6.04 Å². The number of unbranched alkanes of at least 4 members (excludes halogenated alkanes) is 1. The molecular formula is C17H29N3O. The summed E-state index contributed by atoms with van der Waals surface area (Å²) in [5.41, 5.74) is 2.08. The van der Waals surface area contributed by atoms with Gasteiger partial charge in [-0.05, 0) is 44.5 Å². The van der Waals surface area contributed by atoms with Crippen molar-refractivity contribution < 1.29 is 4.79 Å². The average Bonchev–Trinajstić information content (AvgIpc) is 2.49. The molecule has 0 aliphatic rings. The summed E-state index contributed by atoms with van der Waals surface area (Å²) in [5.74, 6) is 0. The van der Waals surface area contributed by atoms with E-state index in [1.807, 2.05) is 24.0 Å². The molecule has 0 radical (unpaired) electrons. The zero-order chi connectivity index (χ0) is 15.7. The number of carbonyl (C=O) groups excluding carboxylic acids is 1. The van der Waals surface area contributed by atoms with E-state index in [1.54, 1.807) is 0 Å². The number of carbonyl (C=O) groups is 1. The molecule has 4 heteroatoms. The van der Waals surface area contributed by atoms with Gasteiger partial charge in [0, 0.05) is 24.8 Å². The molecule has 1 aromatic rings. The molecule has 0 bridgehead atoms. The van der Waals surface area contributed by atoms with Crippen LogP contribution in [0.3, 0.4) is 0 Å². The molecule has 1 rings (SSSR count). The third kappa shape index (κ3) is 5.76.